The summed E-state index contributed by atoms with van der Waals surface area (Å²) >= 11 is 0. The summed E-state index contributed by atoms with van der Waals surface area (Å²) in [5.74, 6) is -3.96. The molecule has 262 valence electrons. The Bertz CT molecular complexity index is 1420. The molecule has 2 aliphatic carbocycles. The van der Waals surface area contributed by atoms with Crippen molar-refractivity contribution in [3.05, 3.63) is 66.3 Å². The minimum absolute atomic E-state index is 0.0472. The van der Waals surface area contributed by atoms with Gasteiger partial charge in [-0.3, -0.25) is 4.79 Å². The Morgan fingerprint density at radius 1 is 1.04 bits per heavy atom. The predicted octanol–water partition coefficient (Wildman–Crippen LogP) is 1.24. The molecule has 0 amide bonds. The van der Waals surface area contributed by atoms with E-state index in [1.54, 1.807) is 19.1 Å². The molecule has 13 nitrogen and oxygen atoms in total. The van der Waals surface area contributed by atoms with Crippen molar-refractivity contribution in [1.82, 2.24) is 0 Å². The second-order valence-electron chi connectivity index (χ2n) is 13.2. The third-order valence-corrected chi connectivity index (χ3v) is 10.1. The van der Waals surface area contributed by atoms with Gasteiger partial charge in [-0.1, -0.05) is 57.7 Å². The maximum absolute atomic E-state index is 12.9. The van der Waals surface area contributed by atoms with Crippen LogP contribution in [0.3, 0.4) is 0 Å². The molecule has 2 saturated carbocycles. The molecule has 13 atom stereocenters. The Labute approximate surface area is 278 Å². The van der Waals surface area contributed by atoms with Gasteiger partial charge in [-0.2, -0.15) is 0 Å². The Kier molecular flexibility index (Phi) is 10.8. The highest BCUT2D eigenvalue weighted by Crippen LogP contribution is 2.53. The van der Waals surface area contributed by atoms with Gasteiger partial charge in [0.15, 0.2) is 12.4 Å². The summed E-state index contributed by atoms with van der Waals surface area (Å²) in [6.45, 7) is 15.5. The van der Waals surface area contributed by atoms with E-state index in [1.807, 2.05) is 6.92 Å². The lowest BCUT2D eigenvalue weighted by atomic mass is 9.81. The van der Waals surface area contributed by atoms with Crippen molar-refractivity contribution in [1.29, 1.82) is 0 Å². The summed E-state index contributed by atoms with van der Waals surface area (Å²) in [7, 11) is 0. The SMILES string of the molecule is C=C1C(=O)O[C@@H]2[C@H]3C(=C)[C@@H](O[C@@H]4O[C@H](COC(=O)Cc5ccc(O)cc5)[C@@H](O)[C@H](O)[C@H]4O)C[C@H]3C(=C)C[C@@H](OC(=O)[C@H](O)[C@@H](C)CC)[C@@H]12. The standard InChI is InChI=1S/C35H44O13/c1-6-15(2)28(38)34(43)45-23-11-16(3)21-13-22(17(4)26(21)32-27(23)18(5)33(42)48-32)46-35-31(41)30(40)29(39)24(47-35)14-44-25(37)12-19-7-9-20(36)10-8-19/h7-10,15,21-24,26-32,35-36,38-41H,3-6,11-14H2,1-2H3/t15-,21-,22-,23+,24+,26-,27+,28+,29+,30-,31+,32+,35+/m0/s1. The number of benzene rings is 1. The third-order valence-electron chi connectivity index (χ3n) is 10.1. The molecule has 0 radical (unpaired) electrons. The number of carbonyl (C=O) groups excluding carboxylic acids is 3. The highest BCUT2D eigenvalue weighted by Gasteiger charge is 2.58. The highest BCUT2D eigenvalue weighted by molar-refractivity contribution is 5.91. The topological polar surface area (TPSA) is 199 Å². The second kappa shape index (κ2) is 14.5. The van der Waals surface area contributed by atoms with Gasteiger partial charge in [-0.15, -0.1) is 0 Å². The van der Waals surface area contributed by atoms with Gasteiger partial charge in [-0.25, -0.2) is 9.59 Å². The van der Waals surface area contributed by atoms with Crippen molar-refractivity contribution >= 4 is 17.9 Å². The molecule has 13 heteroatoms. The maximum Gasteiger partial charge on any atom is 0.335 e. The van der Waals surface area contributed by atoms with Crippen molar-refractivity contribution in [2.45, 2.75) is 94.7 Å². The Morgan fingerprint density at radius 2 is 1.73 bits per heavy atom. The van der Waals surface area contributed by atoms with E-state index in [4.69, 9.17) is 23.7 Å². The van der Waals surface area contributed by atoms with Crippen LogP contribution < -0.4 is 0 Å². The molecule has 4 fully saturated rings. The molecule has 5 N–H and O–H groups in total. The predicted molar refractivity (Wildman–Crippen MR) is 167 cm³/mol. The monoisotopic (exact) mass is 672 g/mol. The average Bonchev–Trinajstić information content (AvgIpc) is 3.50. The van der Waals surface area contributed by atoms with Crippen molar-refractivity contribution in [3.8, 4) is 5.75 Å². The zero-order valence-corrected chi connectivity index (χ0v) is 27.0. The van der Waals surface area contributed by atoms with E-state index in [0.29, 0.717) is 23.1 Å². The zero-order valence-electron chi connectivity index (χ0n) is 27.0. The Balaban J connectivity index is 1.27. The first kappa shape index (κ1) is 35.7. The van der Waals surface area contributed by atoms with Crippen LogP contribution in [0.1, 0.15) is 38.7 Å². The van der Waals surface area contributed by atoms with Gasteiger partial charge in [-0.05, 0) is 41.5 Å². The first-order chi connectivity index (χ1) is 22.7. The van der Waals surface area contributed by atoms with Crippen molar-refractivity contribution < 1.29 is 63.6 Å². The second-order valence-corrected chi connectivity index (χ2v) is 13.2. The number of hydrogen-bond acceptors (Lipinski definition) is 13. The molecule has 0 unspecified atom stereocenters. The van der Waals surface area contributed by atoms with E-state index >= 15 is 0 Å². The van der Waals surface area contributed by atoms with Gasteiger partial charge < -0.3 is 49.2 Å². The van der Waals surface area contributed by atoms with Gasteiger partial charge in [0.2, 0.25) is 0 Å². The van der Waals surface area contributed by atoms with Gasteiger partial charge in [0, 0.05) is 17.9 Å². The summed E-state index contributed by atoms with van der Waals surface area (Å²) in [6, 6.07) is 5.98. The lowest BCUT2D eigenvalue weighted by Gasteiger charge is -2.41. The molecule has 2 heterocycles. The number of aliphatic hydroxyl groups excluding tert-OH is 4. The quantitative estimate of drug-likeness (QED) is 0.103. The third kappa shape index (κ3) is 7.07. The van der Waals surface area contributed by atoms with E-state index in [2.05, 4.69) is 19.7 Å². The van der Waals surface area contributed by atoms with E-state index in [0.717, 1.165) is 0 Å². The number of ether oxygens (including phenoxy) is 5. The lowest BCUT2D eigenvalue weighted by Crippen LogP contribution is -2.60. The summed E-state index contributed by atoms with van der Waals surface area (Å²) in [6.07, 6.45) is -10.5. The molecule has 48 heavy (non-hydrogen) atoms. The fourth-order valence-electron chi connectivity index (χ4n) is 7.01. The fraction of sp³-hybridized carbons (Fsp3) is 0.571. The summed E-state index contributed by atoms with van der Waals surface area (Å²) < 4.78 is 28.8. The number of rotatable bonds is 10. The molecule has 2 aliphatic heterocycles. The fourth-order valence-corrected chi connectivity index (χ4v) is 7.01. The van der Waals surface area contributed by atoms with E-state index in [1.165, 1.54) is 12.1 Å². The minimum Gasteiger partial charge on any atom is -0.508 e. The Hall–Kier alpha value is -3.59. The first-order valence-electron chi connectivity index (χ1n) is 16.1. The van der Waals surface area contributed by atoms with Crippen LogP contribution in [0.4, 0.5) is 0 Å². The number of carbonyl (C=O) groups is 3. The van der Waals surface area contributed by atoms with Crippen LogP contribution in [0.2, 0.25) is 0 Å². The Morgan fingerprint density at radius 3 is 2.40 bits per heavy atom. The van der Waals surface area contributed by atoms with Crippen molar-refractivity contribution in [2.24, 2.45) is 23.7 Å². The number of fused-ring (bicyclic) bond motifs is 3. The minimum atomic E-state index is -1.69. The molecule has 0 bridgehead atoms. The molecule has 4 aliphatic rings. The number of aliphatic hydroxyl groups is 4. The molecule has 0 aromatic heterocycles. The van der Waals surface area contributed by atoms with Gasteiger partial charge in [0.1, 0.15) is 49.0 Å². The van der Waals surface area contributed by atoms with Crippen LogP contribution in [0.5, 0.6) is 5.75 Å². The average molecular weight is 673 g/mol. The van der Waals surface area contributed by atoms with E-state index in [9.17, 15) is 39.9 Å². The van der Waals surface area contributed by atoms with Crippen LogP contribution in [0, 0.1) is 23.7 Å². The van der Waals surface area contributed by atoms with Crippen molar-refractivity contribution in [3.63, 3.8) is 0 Å². The molecular weight excluding hydrogens is 628 g/mol. The molecule has 5 rings (SSSR count). The van der Waals surface area contributed by atoms with E-state index < -0.39 is 91.5 Å². The number of hydrogen-bond donors (Lipinski definition) is 5. The van der Waals surface area contributed by atoms with Crippen LogP contribution in [0.15, 0.2) is 60.7 Å². The summed E-state index contributed by atoms with van der Waals surface area (Å²) in [5.41, 5.74) is 1.90. The van der Waals surface area contributed by atoms with Gasteiger partial charge in [0.25, 0.3) is 0 Å². The zero-order chi connectivity index (χ0) is 35.0. The normalized spacial score (nSPS) is 36.0. The molecule has 1 aromatic carbocycles. The number of phenolic OH excluding ortho intramolecular Hbond substituents is 1. The van der Waals surface area contributed by atoms with Crippen LogP contribution in [-0.2, 0) is 44.5 Å². The van der Waals surface area contributed by atoms with Gasteiger partial charge >= 0.3 is 17.9 Å². The lowest BCUT2D eigenvalue weighted by molar-refractivity contribution is -0.308. The number of aromatic hydroxyl groups is 1. The van der Waals surface area contributed by atoms with Crippen LogP contribution in [-0.4, -0.2) is 105 Å². The molecule has 1 aromatic rings. The summed E-state index contributed by atoms with van der Waals surface area (Å²) in [5, 5.41) is 51.9. The molecule has 2 saturated heterocycles. The highest BCUT2D eigenvalue weighted by atomic mass is 16.7. The smallest absolute Gasteiger partial charge is 0.335 e. The van der Waals surface area contributed by atoms with Crippen LogP contribution >= 0.6 is 0 Å². The number of esters is 3. The summed E-state index contributed by atoms with van der Waals surface area (Å²) in [4.78, 5) is 38.1. The molecular formula is C35H44O13. The van der Waals surface area contributed by atoms with Crippen molar-refractivity contribution in [2.75, 3.05) is 6.61 Å². The van der Waals surface area contributed by atoms with E-state index in [-0.39, 0.29) is 42.4 Å². The maximum atomic E-state index is 12.9. The van der Waals surface area contributed by atoms with Crippen LogP contribution in [0.25, 0.3) is 0 Å². The van der Waals surface area contributed by atoms with Gasteiger partial charge in [0.05, 0.1) is 18.4 Å². The largest absolute Gasteiger partial charge is 0.508 e. The number of phenols is 1. The molecule has 0 spiro atoms. The first-order valence-corrected chi connectivity index (χ1v) is 16.1.